The summed E-state index contributed by atoms with van der Waals surface area (Å²) in [6.45, 7) is 0.362. The van der Waals surface area contributed by atoms with Gasteiger partial charge in [0.15, 0.2) is 0 Å². The lowest BCUT2D eigenvalue weighted by Gasteiger charge is -2.05. The molecule has 0 aliphatic carbocycles. The highest BCUT2D eigenvalue weighted by Gasteiger charge is 2.02. The summed E-state index contributed by atoms with van der Waals surface area (Å²) in [6, 6.07) is 5.40. The Labute approximate surface area is 104 Å². The third-order valence-corrected chi connectivity index (χ3v) is 2.26. The Balaban J connectivity index is 2.26. The standard InChI is InChI=1S/C11H11ClN4O/c1-17-7-15-11-14-5-3-9(16-11)8-2-4-13-10(12)6-8/h2-6H,7H2,1H3,(H,14,15,16). The van der Waals surface area contributed by atoms with Crippen LogP contribution in [0.5, 0.6) is 0 Å². The molecule has 2 heterocycles. The monoisotopic (exact) mass is 250 g/mol. The molecule has 6 heteroatoms. The predicted molar refractivity (Wildman–Crippen MR) is 65.8 cm³/mol. The Kier molecular flexibility index (Phi) is 3.85. The summed E-state index contributed by atoms with van der Waals surface area (Å²) in [5.74, 6) is 0.511. The highest BCUT2D eigenvalue weighted by molar-refractivity contribution is 6.29. The number of aromatic nitrogens is 3. The minimum atomic E-state index is 0.362. The van der Waals surface area contributed by atoms with Crippen molar-refractivity contribution in [3.63, 3.8) is 0 Å². The molecule has 0 aromatic carbocycles. The van der Waals surface area contributed by atoms with Crippen LogP contribution in [0.4, 0.5) is 5.95 Å². The molecule has 0 fully saturated rings. The number of pyridine rings is 1. The van der Waals surface area contributed by atoms with Gasteiger partial charge in [0, 0.05) is 25.1 Å². The lowest BCUT2D eigenvalue weighted by atomic mass is 10.2. The van der Waals surface area contributed by atoms with E-state index in [0.29, 0.717) is 17.8 Å². The normalized spacial score (nSPS) is 10.2. The third kappa shape index (κ3) is 3.12. The van der Waals surface area contributed by atoms with E-state index in [1.54, 1.807) is 25.6 Å². The second kappa shape index (κ2) is 5.56. The molecule has 0 saturated heterocycles. The van der Waals surface area contributed by atoms with Gasteiger partial charge in [0.1, 0.15) is 11.9 Å². The van der Waals surface area contributed by atoms with Gasteiger partial charge in [0.05, 0.1) is 5.69 Å². The van der Waals surface area contributed by atoms with E-state index in [9.17, 15) is 0 Å². The van der Waals surface area contributed by atoms with Gasteiger partial charge in [-0.05, 0) is 18.2 Å². The van der Waals surface area contributed by atoms with Crippen LogP contribution in [0, 0.1) is 0 Å². The molecule has 0 aliphatic heterocycles. The summed E-state index contributed by atoms with van der Waals surface area (Å²) < 4.78 is 4.89. The van der Waals surface area contributed by atoms with Crippen molar-refractivity contribution in [2.24, 2.45) is 0 Å². The van der Waals surface area contributed by atoms with Crippen LogP contribution < -0.4 is 5.32 Å². The van der Waals surface area contributed by atoms with E-state index in [1.807, 2.05) is 12.1 Å². The molecular weight excluding hydrogens is 240 g/mol. The molecule has 0 radical (unpaired) electrons. The van der Waals surface area contributed by atoms with E-state index in [1.165, 1.54) is 0 Å². The minimum absolute atomic E-state index is 0.362. The largest absolute Gasteiger partial charge is 0.364 e. The van der Waals surface area contributed by atoms with Crippen molar-refractivity contribution >= 4 is 17.5 Å². The highest BCUT2D eigenvalue weighted by Crippen LogP contribution is 2.19. The zero-order valence-electron chi connectivity index (χ0n) is 9.22. The maximum absolute atomic E-state index is 5.83. The molecule has 1 N–H and O–H groups in total. The number of hydrogen-bond acceptors (Lipinski definition) is 5. The average Bonchev–Trinajstić information content (AvgIpc) is 2.37. The lowest BCUT2D eigenvalue weighted by molar-refractivity contribution is 0.220. The number of halogens is 1. The molecule has 88 valence electrons. The van der Waals surface area contributed by atoms with Crippen LogP contribution >= 0.6 is 11.6 Å². The van der Waals surface area contributed by atoms with Gasteiger partial charge in [-0.15, -0.1) is 0 Å². The zero-order valence-corrected chi connectivity index (χ0v) is 9.98. The molecule has 2 rings (SSSR count). The van der Waals surface area contributed by atoms with Gasteiger partial charge in [-0.3, -0.25) is 0 Å². The van der Waals surface area contributed by atoms with E-state index in [0.717, 1.165) is 11.3 Å². The maximum Gasteiger partial charge on any atom is 0.224 e. The third-order valence-electron chi connectivity index (χ3n) is 2.05. The Morgan fingerprint density at radius 2 is 2.12 bits per heavy atom. The number of hydrogen-bond donors (Lipinski definition) is 1. The van der Waals surface area contributed by atoms with Crippen molar-refractivity contribution in [1.29, 1.82) is 0 Å². The SMILES string of the molecule is COCNc1nccc(-c2ccnc(Cl)c2)n1. The fourth-order valence-electron chi connectivity index (χ4n) is 1.30. The molecule has 0 atom stereocenters. The molecule has 0 unspecified atom stereocenters. The molecule has 0 bridgehead atoms. The van der Waals surface area contributed by atoms with E-state index < -0.39 is 0 Å². The lowest BCUT2D eigenvalue weighted by Crippen LogP contribution is -2.06. The first-order chi connectivity index (χ1) is 8.29. The van der Waals surface area contributed by atoms with Crippen LogP contribution in [0.1, 0.15) is 0 Å². The molecule has 0 saturated carbocycles. The summed E-state index contributed by atoms with van der Waals surface area (Å²) >= 11 is 5.83. The molecule has 2 aromatic rings. The van der Waals surface area contributed by atoms with Crippen molar-refractivity contribution in [1.82, 2.24) is 15.0 Å². The molecular formula is C11H11ClN4O. The molecule has 2 aromatic heterocycles. The Morgan fingerprint density at radius 1 is 1.29 bits per heavy atom. The second-order valence-electron chi connectivity index (χ2n) is 3.24. The molecule has 0 aliphatic rings. The van der Waals surface area contributed by atoms with Gasteiger partial charge >= 0.3 is 0 Å². The first-order valence-corrected chi connectivity index (χ1v) is 5.35. The molecule has 5 nitrogen and oxygen atoms in total. The van der Waals surface area contributed by atoms with Crippen molar-refractivity contribution in [2.45, 2.75) is 0 Å². The van der Waals surface area contributed by atoms with Crippen LogP contribution in [-0.4, -0.2) is 28.8 Å². The summed E-state index contributed by atoms with van der Waals surface area (Å²) in [7, 11) is 1.60. The van der Waals surface area contributed by atoms with Gasteiger partial charge < -0.3 is 10.1 Å². The number of rotatable bonds is 4. The Bertz CT molecular complexity index is 506. The number of nitrogens with one attached hydrogen (secondary N) is 1. The van der Waals surface area contributed by atoms with Crippen LogP contribution in [0.2, 0.25) is 5.15 Å². The van der Waals surface area contributed by atoms with Gasteiger partial charge in [0.2, 0.25) is 5.95 Å². The van der Waals surface area contributed by atoms with Crippen molar-refractivity contribution in [3.05, 3.63) is 35.7 Å². The van der Waals surface area contributed by atoms with Gasteiger partial charge in [-0.2, -0.15) is 0 Å². The predicted octanol–water partition coefficient (Wildman–Crippen LogP) is 2.21. The van der Waals surface area contributed by atoms with E-state index in [2.05, 4.69) is 20.3 Å². The van der Waals surface area contributed by atoms with Gasteiger partial charge in [-0.1, -0.05) is 11.6 Å². The molecule has 0 spiro atoms. The molecule has 17 heavy (non-hydrogen) atoms. The zero-order chi connectivity index (χ0) is 12.1. The number of anilines is 1. The van der Waals surface area contributed by atoms with Gasteiger partial charge in [-0.25, -0.2) is 15.0 Å². The summed E-state index contributed by atoms with van der Waals surface area (Å²) in [5, 5.41) is 3.36. The Hall–Kier alpha value is -1.72. The summed E-state index contributed by atoms with van der Waals surface area (Å²) in [6.07, 6.45) is 3.32. The average molecular weight is 251 g/mol. The van der Waals surface area contributed by atoms with Crippen molar-refractivity contribution in [2.75, 3.05) is 19.2 Å². The fourth-order valence-corrected chi connectivity index (χ4v) is 1.48. The number of nitrogens with zero attached hydrogens (tertiary/aromatic N) is 3. The van der Waals surface area contributed by atoms with E-state index in [4.69, 9.17) is 16.3 Å². The maximum atomic E-state index is 5.83. The summed E-state index contributed by atoms with van der Waals surface area (Å²) in [5.41, 5.74) is 1.68. The highest BCUT2D eigenvalue weighted by atomic mass is 35.5. The fraction of sp³-hybridized carbons (Fsp3) is 0.182. The van der Waals surface area contributed by atoms with Crippen LogP contribution in [0.3, 0.4) is 0 Å². The van der Waals surface area contributed by atoms with E-state index in [-0.39, 0.29) is 0 Å². The van der Waals surface area contributed by atoms with Crippen molar-refractivity contribution < 1.29 is 4.74 Å². The number of ether oxygens (including phenoxy) is 1. The van der Waals surface area contributed by atoms with Crippen LogP contribution in [0.15, 0.2) is 30.6 Å². The quantitative estimate of drug-likeness (QED) is 0.666. The van der Waals surface area contributed by atoms with E-state index >= 15 is 0 Å². The van der Waals surface area contributed by atoms with Crippen LogP contribution in [-0.2, 0) is 4.74 Å². The molecule has 0 amide bonds. The minimum Gasteiger partial charge on any atom is -0.364 e. The smallest absolute Gasteiger partial charge is 0.224 e. The second-order valence-corrected chi connectivity index (χ2v) is 3.63. The van der Waals surface area contributed by atoms with Crippen molar-refractivity contribution in [3.8, 4) is 11.3 Å². The number of methoxy groups -OCH3 is 1. The first kappa shape index (κ1) is 11.8. The van der Waals surface area contributed by atoms with Gasteiger partial charge in [0.25, 0.3) is 0 Å². The summed E-state index contributed by atoms with van der Waals surface area (Å²) in [4.78, 5) is 12.3. The first-order valence-electron chi connectivity index (χ1n) is 4.97. The Morgan fingerprint density at radius 3 is 2.88 bits per heavy atom. The van der Waals surface area contributed by atoms with Crippen LogP contribution in [0.25, 0.3) is 11.3 Å². The topological polar surface area (TPSA) is 59.9 Å².